The van der Waals surface area contributed by atoms with Gasteiger partial charge in [0.1, 0.15) is 0 Å². The number of benzene rings is 2. The fourth-order valence-electron chi connectivity index (χ4n) is 3.33. The number of nitrogens with zero attached hydrogens (tertiary/aromatic N) is 1. The van der Waals surface area contributed by atoms with Crippen molar-refractivity contribution in [3.8, 4) is 0 Å². The van der Waals surface area contributed by atoms with Crippen LogP contribution in [-0.2, 0) is 14.8 Å². The number of carbonyl (C=O) groups excluding carboxylic acids is 1. The monoisotopic (exact) mass is 462 g/mol. The first-order valence-corrected chi connectivity index (χ1v) is 10.7. The number of carbonyl (C=O) groups is 1. The number of halogens is 2. The van der Waals surface area contributed by atoms with Gasteiger partial charge in [0.25, 0.3) is 0 Å². The number of sulfonamides is 1. The van der Waals surface area contributed by atoms with Crippen molar-refractivity contribution in [1.82, 2.24) is 14.9 Å². The summed E-state index contributed by atoms with van der Waals surface area (Å²) in [4.78, 5) is 14.0. The van der Waals surface area contributed by atoms with Gasteiger partial charge in [0.15, 0.2) is 0 Å². The molecule has 3 N–H and O–H groups in total. The predicted molar refractivity (Wildman–Crippen MR) is 122 cm³/mol. The highest BCUT2D eigenvalue weighted by Crippen LogP contribution is 2.29. The van der Waals surface area contributed by atoms with Crippen molar-refractivity contribution in [3.63, 3.8) is 0 Å². The molecule has 1 amide bonds. The van der Waals surface area contributed by atoms with Gasteiger partial charge in [-0.25, -0.2) is 13.1 Å². The zero-order valence-electron chi connectivity index (χ0n) is 16.3. The van der Waals surface area contributed by atoms with Gasteiger partial charge < -0.3 is 15.5 Å². The Kier molecular flexibility index (Phi) is 10.3. The third kappa shape index (κ3) is 6.80. The predicted octanol–water partition coefficient (Wildman–Crippen LogP) is 2.22. The van der Waals surface area contributed by atoms with Crippen molar-refractivity contribution in [3.05, 3.63) is 36.4 Å². The molecule has 10 heteroatoms. The molecular formula is C19H28Cl2N4O3S. The average molecular weight is 463 g/mol. The molecule has 1 fully saturated rings. The number of amides is 1. The molecule has 0 unspecified atom stereocenters. The van der Waals surface area contributed by atoms with Gasteiger partial charge in [-0.2, -0.15) is 0 Å². The molecule has 3 rings (SSSR count). The number of anilines is 1. The fraction of sp³-hybridized carbons (Fsp3) is 0.421. The van der Waals surface area contributed by atoms with Crippen LogP contribution in [-0.4, -0.2) is 58.5 Å². The van der Waals surface area contributed by atoms with E-state index in [-0.39, 0.29) is 35.6 Å². The average Bonchev–Trinajstić information content (AvgIpc) is 2.66. The van der Waals surface area contributed by atoms with Gasteiger partial charge in [-0.15, -0.1) is 24.8 Å². The van der Waals surface area contributed by atoms with Gasteiger partial charge in [0.05, 0.1) is 4.90 Å². The number of piperazine rings is 1. The largest absolute Gasteiger partial charge is 0.326 e. The summed E-state index contributed by atoms with van der Waals surface area (Å²) in [5.74, 6) is -0.193. The zero-order valence-corrected chi connectivity index (χ0v) is 18.8. The summed E-state index contributed by atoms with van der Waals surface area (Å²) in [7, 11) is -3.63. The van der Waals surface area contributed by atoms with Crippen molar-refractivity contribution >= 4 is 57.2 Å². The van der Waals surface area contributed by atoms with Crippen LogP contribution in [0.15, 0.2) is 41.3 Å². The Balaban J connectivity index is 0.00000210. The van der Waals surface area contributed by atoms with E-state index >= 15 is 0 Å². The summed E-state index contributed by atoms with van der Waals surface area (Å²) in [6.45, 7) is 6.68. The Hall–Kier alpha value is -1.42. The number of nitrogens with one attached hydrogen (secondary N) is 3. The van der Waals surface area contributed by atoms with E-state index in [0.29, 0.717) is 23.0 Å². The van der Waals surface area contributed by atoms with Crippen LogP contribution >= 0.6 is 24.8 Å². The Morgan fingerprint density at radius 2 is 1.72 bits per heavy atom. The lowest BCUT2D eigenvalue weighted by Crippen LogP contribution is -2.44. The van der Waals surface area contributed by atoms with Gasteiger partial charge >= 0.3 is 0 Å². The Morgan fingerprint density at radius 1 is 1.07 bits per heavy atom. The number of fused-ring (bicyclic) bond motifs is 1. The molecule has 2 aromatic carbocycles. The molecule has 0 aliphatic carbocycles. The van der Waals surface area contributed by atoms with E-state index in [9.17, 15) is 13.2 Å². The van der Waals surface area contributed by atoms with Crippen LogP contribution in [0.1, 0.15) is 13.3 Å². The smallest absolute Gasteiger partial charge is 0.241 e. The minimum absolute atomic E-state index is 0. The summed E-state index contributed by atoms with van der Waals surface area (Å²) in [5, 5.41) is 7.36. The minimum atomic E-state index is -3.63. The quantitative estimate of drug-likeness (QED) is 0.548. The second-order valence-electron chi connectivity index (χ2n) is 6.68. The minimum Gasteiger partial charge on any atom is -0.326 e. The zero-order chi connectivity index (χ0) is 19.3. The lowest BCUT2D eigenvalue weighted by atomic mass is 10.1. The molecule has 0 spiro atoms. The molecule has 7 nitrogen and oxygen atoms in total. The van der Waals surface area contributed by atoms with Crippen molar-refractivity contribution in [2.75, 3.05) is 44.6 Å². The van der Waals surface area contributed by atoms with Gasteiger partial charge in [-0.1, -0.05) is 24.3 Å². The van der Waals surface area contributed by atoms with Gasteiger partial charge in [0, 0.05) is 56.1 Å². The van der Waals surface area contributed by atoms with Crippen LogP contribution in [0.4, 0.5) is 5.69 Å². The summed E-state index contributed by atoms with van der Waals surface area (Å²) >= 11 is 0. The molecule has 0 radical (unpaired) electrons. The Bertz CT molecular complexity index is 919. The van der Waals surface area contributed by atoms with E-state index in [2.05, 4.69) is 20.3 Å². The molecule has 1 aliphatic rings. The highest BCUT2D eigenvalue weighted by molar-refractivity contribution is 7.89. The van der Waals surface area contributed by atoms with Gasteiger partial charge in [-0.3, -0.25) is 4.79 Å². The van der Waals surface area contributed by atoms with Gasteiger partial charge in [0.2, 0.25) is 15.9 Å². The topological polar surface area (TPSA) is 90.5 Å². The van der Waals surface area contributed by atoms with E-state index in [1.165, 1.54) is 6.92 Å². The standard InChI is InChI=1S/C19H26N4O3S.2ClH/c1-15(24)22-18-7-8-19(17-6-3-2-5-16(17)18)27(25,26)21-9-4-12-23-13-10-20-11-14-23;;/h2-3,5-8,20-21H,4,9-14H2,1H3,(H,22,24);2*1H. The van der Waals surface area contributed by atoms with Crippen LogP contribution in [0.3, 0.4) is 0 Å². The molecule has 0 aromatic heterocycles. The van der Waals surface area contributed by atoms with E-state index in [1.807, 2.05) is 12.1 Å². The molecule has 0 bridgehead atoms. The Morgan fingerprint density at radius 3 is 2.38 bits per heavy atom. The van der Waals surface area contributed by atoms with Crippen LogP contribution in [0, 0.1) is 0 Å². The third-order valence-electron chi connectivity index (χ3n) is 4.64. The normalized spacial score (nSPS) is 14.7. The summed E-state index contributed by atoms with van der Waals surface area (Å²) < 4.78 is 28.3. The lowest BCUT2D eigenvalue weighted by molar-refractivity contribution is -0.114. The second kappa shape index (κ2) is 11.7. The number of hydrogen-bond acceptors (Lipinski definition) is 5. The lowest BCUT2D eigenvalue weighted by Gasteiger charge is -2.27. The van der Waals surface area contributed by atoms with E-state index in [4.69, 9.17) is 0 Å². The maximum Gasteiger partial charge on any atom is 0.241 e. The molecule has 1 saturated heterocycles. The van der Waals surface area contributed by atoms with Crippen molar-refractivity contribution in [1.29, 1.82) is 0 Å². The summed E-state index contributed by atoms with van der Waals surface area (Å²) in [6.07, 6.45) is 0.765. The van der Waals surface area contributed by atoms with Crippen LogP contribution in [0.25, 0.3) is 10.8 Å². The van der Waals surface area contributed by atoms with E-state index < -0.39 is 10.0 Å². The van der Waals surface area contributed by atoms with Crippen molar-refractivity contribution in [2.24, 2.45) is 0 Å². The molecule has 29 heavy (non-hydrogen) atoms. The van der Waals surface area contributed by atoms with E-state index in [0.717, 1.165) is 39.1 Å². The van der Waals surface area contributed by atoms with Crippen LogP contribution in [0.2, 0.25) is 0 Å². The first-order chi connectivity index (χ1) is 13.0. The third-order valence-corrected chi connectivity index (χ3v) is 6.16. The number of rotatable bonds is 7. The van der Waals surface area contributed by atoms with Crippen LogP contribution < -0.4 is 15.4 Å². The maximum atomic E-state index is 12.8. The van der Waals surface area contributed by atoms with E-state index in [1.54, 1.807) is 24.3 Å². The van der Waals surface area contributed by atoms with Crippen molar-refractivity contribution in [2.45, 2.75) is 18.2 Å². The molecule has 2 aromatic rings. The van der Waals surface area contributed by atoms with Crippen LogP contribution in [0.5, 0.6) is 0 Å². The maximum absolute atomic E-state index is 12.8. The second-order valence-corrected chi connectivity index (χ2v) is 8.42. The molecule has 1 heterocycles. The molecule has 162 valence electrons. The highest BCUT2D eigenvalue weighted by atomic mass is 35.5. The Labute approximate surface area is 184 Å². The fourth-order valence-corrected chi connectivity index (χ4v) is 4.61. The molecule has 0 saturated carbocycles. The van der Waals surface area contributed by atoms with Gasteiger partial charge in [-0.05, 0) is 25.1 Å². The first-order valence-electron chi connectivity index (χ1n) is 9.19. The SMILES string of the molecule is CC(=O)Nc1ccc(S(=O)(=O)NCCCN2CCNCC2)c2ccccc12.Cl.Cl. The molecular weight excluding hydrogens is 435 g/mol. The summed E-state index contributed by atoms with van der Waals surface area (Å²) in [6, 6.07) is 10.4. The number of hydrogen-bond donors (Lipinski definition) is 3. The highest BCUT2D eigenvalue weighted by Gasteiger charge is 2.19. The van der Waals surface area contributed by atoms with Crippen molar-refractivity contribution < 1.29 is 13.2 Å². The molecule has 0 atom stereocenters. The summed E-state index contributed by atoms with van der Waals surface area (Å²) in [5.41, 5.74) is 0.607. The first kappa shape index (κ1) is 25.6. The molecule has 1 aliphatic heterocycles.